The van der Waals surface area contributed by atoms with Crippen LogP contribution in [0.3, 0.4) is 0 Å². The van der Waals surface area contributed by atoms with E-state index in [4.69, 9.17) is 24.2 Å². The summed E-state index contributed by atoms with van der Waals surface area (Å²) in [6.07, 6.45) is 7.54. The highest BCUT2D eigenvalue weighted by molar-refractivity contribution is 6.07. The maximum absolute atomic E-state index is 12.5. The number of likely N-dealkylation sites (N-methyl/N-ethyl adjacent to an activating group) is 1. The van der Waals surface area contributed by atoms with E-state index in [1.54, 1.807) is 7.11 Å². The molecular weight excluding hydrogens is 570 g/mol. The molecule has 3 fully saturated rings. The number of likely N-dealkylation sites (tertiary alicyclic amines) is 1. The minimum absolute atomic E-state index is 0.00467. The zero-order chi connectivity index (χ0) is 31.2. The van der Waals surface area contributed by atoms with E-state index in [1.807, 2.05) is 23.2 Å². The second kappa shape index (κ2) is 11.8. The molecule has 1 aliphatic carbocycles. The molecule has 1 saturated carbocycles. The Morgan fingerprint density at radius 3 is 2.69 bits per heavy atom. The predicted octanol–water partition coefficient (Wildman–Crippen LogP) is 4.73. The Bertz CT molecular complexity index is 1770. The summed E-state index contributed by atoms with van der Waals surface area (Å²) in [5.41, 5.74) is 4.55. The molecule has 1 amide bonds. The zero-order valence-electron chi connectivity index (χ0n) is 26.5. The smallest absolute Gasteiger partial charge is 0.319 e. The Morgan fingerprint density at radius 1 is 1.13 bits per heavy atom. The van der Waals surface area contributed by atoms with Gasteiger partial charge < -0.3 is 28.9 Å². The number of fused-ring (bicyclic) bond motifs is 2. The van der Waals surface area contributed by atoms with Crippen molar-refractivity contribution in [3.8, 4) is 28.6 Å². The van der Waals surface area contributed by atoms with E-state index in [1.165, 1.54) is 6.08 Å². The third-order valence-electron chi connectivity index (χ3n) is 9.44. The maximum Gasteiger partial charge on any atom is 0.319 e. The maximum atomic E-state index is 12.5. The SMILES string of the molecule is C=CC(=O)N1CCN(c2nc(OC[C@@H]3CCCN3C)nc3c(OC4CC4)c(-c4c(C)ccc5[nH]ncc45)c(OC)cc23)[C@@H](C)C1. The first-order valence-electron chi connectivity index (χ1n) is 15.9. The first kappa shape index (κ1) is 29.3. The van der Waals surface area contributed by atoms with Gasteiger partial charge >= 0.3 is 6.01 Å². The number of aromatic amines is 1. The molecule has 0 bridgehead atoms. The number of rotatable bonds is 9. The molecule has 0 radical (unpaired) electrons. The first-order valence-corrected chi connectivity index (χ1v) is 15.9. The number of anilines is 1. The van der Waals surface area contributed by atoms with Crippen LogP contribution in [0.5, 0.6) is 17.5 Å². The fourth-order valence-electron chi connectivity index (χ4n) is 6.75. The van der Waals surface area contributed by atoms with Gasteiger partial charge in [0, 0.05) is 42.7 Å². The van der Waals surface area contributed by atoms with Crippen LogP contribution in [-0.4, -0.2) is 101 Å². The topological polar surface area (TPSA) is 109 Å². The Labute approximate surface area is 263 Å². The zero-order valence-corrected chi connectivity index (χ0v) is 26.5. The molecule has 11 nitrogen and oxygen atoms in total. The number of aryl methyl sites for hydroxylation is 1. The van der Waals surface area contributed by atoms with Crippen LogP contribution < -0.4 is 19.1 Å². The average Bonchev–Trinajstić information content (AvgIpc) is 3.57. The number of aromatic nitrogens is 4. The van der Waals surface area contributed by atoms with Crippen LogP contribution in [0.25, 0.3) is 32.9 Å². The highest BCUT2D eigenvalue weighted by Gasteiger charge is 2.34. The molecule has 2 saturated heterocycles. The molecule has 2 aromatic carbocycles. The molecule has 4 aromatic rings. The number of nitrogens with one attached hydrogen (secondary N) is 1. The summed E-state index contributed by atoms with van der Waals surface area (Å²) in [7, 11) is 3.83. The van der Waals surface area contributed by atoms with Crippen molar-refractivity contribution in [2.45, 2.75) is 57.7 Å². The lowest BCUT2D eigenvalue weighted by Gasteiger charge is -2.40. The first-order chi connectivity index (χ1) is 21.9. The van der Waals surface area contributed by atoms with Crippen LogP contribution in [0.1, 0.15) is 38.2 Å². The average molecular weight is 612 g/mol. The van der Waals surface area contributed by atoms with E-state index in [0.29, 0.717) is 55.3 Å². The van der Waals surface area contributed by atoms with E-state index in [-0.39, 0.29) is 18.1 Å². The number of carbonyl (C=O) groups is 1. The Kier molecular flexibility index (Phi) is 7.72. The molecule has 236 valence electrons. The second-order valence-corrected chi connectivity index (χ2v) is 12.5. The van der Waals surface area contributed by atoms with Crippen molar-refractivity contribution in [2.75, 3.05) is 51.8 Å². The summed E-state index contributed by atoms with van der Waals surface area (Å²) >= 11 is 0. The number of ether oxygens (including phenoxy) is 3. The van der Waals surface area contributed by atoms with Crippen molar-refractivity contribution >= 4 is 33.5 Å². The lowest BCUT2D eigenvalue weighted by molar-refractivity contribution is -0.126. The molecule has 11 heteroatoms. The number of carbonyl (C=O) groups excluding carboxylic acids is 1. The van der Waals surface area contributed by atoms with Crippen LogP contribution in [-0.2, 0) is 4.79 Å². The van der Waals surface area contributed by atoms with Crippen molar-refractivity contribution < 1.29 is 19.0 Å². The number of amides is 1. The molecule has 2 atom stereocenters. The number of piperazine rings is 1. The lowest BCUT2D eigenvalue weighted by Crippen LogP contribution is -2.53. The third kappa shape index (κ3) is 5.43. The van der Waals surface area contributed by atoms with Crippen LogP contribution in [0.2, 0.25) is 0 Å². The minimum atomic E-state index is -0.0611. The lowest BCUT2D eigenvalue weighted by atomic mass is 9.94. The van der Waals surface area contributed by atoms with Crippen LogP contribution in [0, 0.1) is 6.92 Å². The molecule has 1 N–H and O–H groups in total. The molecule has 3 aliphatic rings. The van der Waals surface area contributed by atoms with Crippen molar-refractivity contribution in [3.63, 3.8) is 0 Å². The van der Waals surface area contributed by atoms with Gasteiger partial charge in [0.1, 0.15) is 23.7 Å². The highest BCUT2D eigenvalue weighted by atomic mass is 16.5. The quantitative estimate of drug-likeness (QED) is 0.269. The third-order valence-corrected chi connectivity index (χ3v) is 9.44. The normalized spacial score (nSPS) is 20.6. The number of benzene rings is 2. The summed E-state index contributed by atoms with van der Waals surface area (Å²) in [6.45, 7) is 11.2. The van der Waals surface area contributed by atoms with Gasteiger partial charge in [0.25, 0.3) is 0 Å². The molecule has 2 aromatic heterocycles. The van der Waals surface area contributed by atoms with Gasteiger partial charge in [0.15, 0.2) is 5.75 Å². The Hall–Kier alpha value is -4.38. The van der Waals surface area contributed by atoms with E-state index in [2.05, 4.69) is 53.5 Å². The molecule has 7 rings (SSSR count). The minimum Gasteiger partial charge on any atom is -0.496 e. The van der Waals surface area contributed by atoms with Gasteiger partial charge in [-0.2, -0.15) is 15.1 Å². The van der Waals surface area contributed by atoms with Crippen LogP contribution in [0.15, 0.2) is 37.1 Å². The summed E-state index contributed by atoms with van der Waals surface area (Å²) in [5, 5.41) is 9.26. The van der Waals surface area contributed by atoms with Gasteiger partial charge in [-0.05, 0) is 76.9 Å². The van der Waals surface area contributed by atoms with Gasteiger partial charge in [0.2, 0.25) is 5.91 Å². The Morgan fingerprint density at radius 2 is 1.98 bits per heavy atom. The summed E-state index contributed by atoms with van der Waals surface area (Å²) in [6, 6.07) is 6.79. The summed E-state index contributed by atoms with van der Waals surface area (Å²) in [4.78, 5) is 29.0. The van der Waals surface area contributed by atoms with Gasteiger partial charge in [-0.3, -0.25) is 9.89 Å². The van der Waals surface area contributed by atoms with Gasteiger partial charge in [0.05, 0.1) is 35.9 Å². The standard InChI is InChI=1S/C34H41N7O4/c1-6-28(42)40-14-15-41(21(3)18-40)33-24-16-27(43-5)30(29-20(2)9-12-26-25(29)17-35-38-26)32(45-23-10-11-23)31(24)36-34(37-33)44-19-22-8-7-13-39(22)4/h6,9,12,16-17,21-23H,1,7-8,10-11,13-15,18-19H2,2-5H3,(H,35,38)/t21-,22-/m0/s1. The molecule has 2 aliphatic heterocycles. The van der Waals surface area contributed by atoms with Gasteiger partial charge in [-0.15, -0.1) is 0 Å². The van der Waals surface area contributed by atoms with Gasteiger partial charge in [-0.1, -0.05) is 12.6 Å². The van der Waals surface area contributed by atoms with Crippen molar-refractivity contribution in [1.29, 1.82) is 0 Å². The van der Waals surface area contributed by atoms with Crippen molar-refractivity contribution in [2.24, 2.45) is 0 Å². The van der Waals surface area contributed by atoms with E-state index < -0.39 is 0 Å². The molecule has 0 unspecified atom stereocenters. The summed E-state index contributed by atoms with van der Waals surface area (Å²) in [5.74, 6) is 2.03. The monoisotopic (exact) mass is 611 g/mol. The Balaban J connectivity index is 1.43. The van der Waals surface area contributed by atoms with Crippen LogP contribution >= 0.6 is 0 Å². The molecule has 0 spiro atoms. The largest absolute Gasteiger partial charge is 0.496 e. The molecular formula is C34H41N7O4. The number of hydrogen-bond donors (Lipinski definition) is 1. The number of hydrogen-bond acceptors (Lipinski definition) is 9. The van der Waals surface area contributed by atoms with Crippen molar-refractivity contribution in [1.82, 2.24) is 30.0 Å². The number of nitrogens with zero attached hydrogens (tertiary/aromatic N) is 6. The molecule has 45 heavy (non-hydrogen) atoms. The molecule has 4 heterocycles. The number of methoxy groups -OCH3 is 1. The van der Waals surface area contributed by atoms with Crippen molar-refractivity contribution in [3.05, 3.63) is 42.6 Å². The van der Waals surface area contributed by atoms with Gasteiger partial charge in [-0.25, -0.2) is 0 Å². The van der Waals surface area contributed by atoms with Crippen LogP contribution in [0.4, 0.5) is 5.82 Å². The summed E-state index contributed by atoms with van der Waals surface area (Å²) < 4.78 is 19.3. The number of H-pyrrole nitrogens is 1. The van der Waals surface area contributed by atoms with E-state index in [0.717, 1.165) is 71.0 Å². The fourth-order valence-corrected chi connectivity index (χ4v) is 6.75. The predicted molar refractivity (Wildman–Crippen MR) is 174 cm³/mol. The van der Waals surface area contributed by atoms with E-state index in [9.17, 15) is 4.79 Å². The highest BCUT2D eigenvalue weighted by Crippen LogP contribution is 2.50. The van der Waals surface area contributed by atoms with E-state index >= 15 is 0 Å². The fraction of sp³-hybridized carbons (Fsp3) is 0.471. The second-order valence-electron chi connectivity index (χ2n) is 12.5.